The Labute approximate surface area is 123 Å². The molecule has 4 heteroatoms. The van der Waals surface area contributed by atoms with E-state index in [-0.39, 0.29) is 6.04 Å². The Balaban J connectivity index is 1.81. The standard InChI is InChI=1S/C15H22BrNO2/c1-11(17-10-12-6-8-19-9-7-12)15(18)13-2-4-14(16)5-3-13/h2-5,11-12,15,17-18H,6-10H2,1H3. The molecule has 1 saturated heterocycles. The van der Waals surface area contributed by atoms with Crippen LogP contribution in [0.3, 0.4) is 0 Å². The number of rotatable bonds is 5. The molecule has 0 radical (unpaired) electrons. The van der Waals surface area contributed by atoms with Crippen LogP contribution in [0.25, 0.3) is 0 Å². The second-order valence-corrected chi connectivity index (χ2v) is 6.16. The molecular weight excluding hydrogens is 306 g/mol. The van der Waals surface area contributed by atoms with Crippen LogP contribution in [0, 0.1) is 5.92 Å². The molecule has 0 bridgehead atoms. The summed E-state index contributed by atoms with van der Waals surface area (Å²) in [4.78, 5) is 0. The quantitative estimate of drug-likeness (QED) is 0.873. The van der Waals surface area contributed by atoms with Gasteiger partial charge in [0, 0.05) is 23.7 Å². The molecule has 1 aromatic rings. The van der Waals surface area contributed by atoms with Gasteiger partial charge >= 0.3 is 0 Å². The Kier molecular flexibility index (Phi) is 5.82. The molecule has 2 N–H and O–H groups in total. The van der Waals surface area contributed by atoms with Gasteiger partial charge in [0.05, 0.1) is 6.10 Å². The first-order valence-electron chi connectivity index (χ1n) is 6.91. The molecule has 2 rings (SSSR count). The molecule has 0 spiro atoms. The van der Waals surface area contributed by atoms with Crippen LogP contribution < -0.4 is 5.32 Å². The van der Waals surface area contributed by atoms with Crippen molar-refractivity contribution in [2.75, 3.05) is 19.8 Å². The largest absolute Gasteiger partial charge is 0.387 e. The molecule has 1 aliphatic rings. The summed E-state index contributed by atoms with van der Waals surface area (Å²) in [6.45, 7) is 4.73. The van der Waals surface area contributed by atoms with Gasteiger partial charge in [0.1, 0.15) is 0 Å². The first-order chi connectivity index (χ1) is 9.16. The number of aliphatic hydroxyl groups excluding tert-OH is 1. The summed E-state index contributed by atoms with van der Waals surface area (Å²) in [6, 6.07) is 7.90. The smallest absolute Gasteiger partial charge is 0.0940 e. The van der Waals surface area contributed by atoms with E-state index < -0.39 is 6.10 Å². The van der Waals surface area contributed by atoms with E-state index in [2.05, 4.69) is 21.2 Å². The molecule has 2 atom stereocenters. The maximum atomic E-state index is 10.3. The maximum Gasteiger partial charge on any atom is 0.0940 e. The minimum Gasteiger partial charge on any atom is -0.387 e. The highest BCUT2D eigenvalue weighted by molar-refractivity contribution is 9.10. The van der Waals surface area contributed by atoms with Gasteiger partial charge in [-0.25, -0.2) is 0 Å². The molecule has 0 aromatic heterocycles. The highest BCUT2D eigenvalue weighted by Crippen LogP contribution is 2.20. The zero-order chi connectivity index (χ0) is 13.7. The van der Waals surface area contributed by atoms with Gasteiger partial charge in [0.25, 0.3) is 0 Å². The van der Waals surface area contributed by atoms with Crippen LogP contribution in [0.4, 0.5) is 0 Å². The number of aliphatic hydroxyl groups is 1. The third kappa shape index (κ3) is 4.56. The zero-order valence-corrected chi connectivity index (χ0v) is 12.9. The minimum atomic E-state index is -0.465. The normalized spacial score (nSPS) is 20.2. The molecule has 1 aliphatic heterocycles. The molecule has 0 amide bonds. The van der Waals surface area contributed by atoms with Crippen LogP contribution in [0.2, 0.25) is 0 Å². The summed E-state index contributed by atoms with van der Waals surface area (Å²) in [7, 11) is 0. The summed E-state index contributed by atoms with van der Waals surface area (Å²) in [5.74, 6) is 0.674. The summed E-state index contributed by atoms with van der Waals surface area (Å²) in [5.41, 5.74) is 0.954. The van der Waals surface area contributed by atoms with Crippen LogP contribution in [-0.4, -0.2) is 30.9 Å². The van der Waals surface area contributed by atoms with Crippen LogP contribution in [0.5, 0.6) is 0 Å². The molecular formula is C15H22BrNO2. The number of hydrogen-bond donors (Lipinski definition) is 2. The van der Waals surface area contributed by atoms with E-state index in [4.69, 9.17) is 4.74 Å². The third-order valence-electron chi connectivity index (χ3n) is 3.75. The van der Waals surface area contributed by atoms with Crippen molar-refractivity contribution in [3.05, 3.63) is 34.3 Å². The lowest BCUT2D eigenvalue weighted by atomic mass is 9.98. The predicted molar refractivity (Wildman–Crippen MR) is 80.1 cm³/mol. The summed E-state index contributed by atoms with van der Waals surface area (Å²) >= 11 is 3.41. The summed E-state index contributed by atoms with van der Waals surface area (Å²) in [6.07, 6.45) is 1.77. The number of ether oxygens (including phenoxy) is 1. The van der Waals surface area contributed by atoms with E-state index in [0.717, 1.165) is 42.6 Å². The van der Waals surface area contributed by atoms with Gasteiger partial charge in [0.2, 0.25) is 0 Å². The molecule has 1 heterocycles. The van der Waals surface area contributed by atoms with E-state index in [1.54, 1.807) is 0 Å². The van der Waals surface area contributed by atoms with E-state index in [0.29, 0.717) is 5.92 Å². The van der Waals surface area contributed by atoms with Gasteiger partial charge in [-0.3, -0.25) is 0 Å². The second-order valence-electron chi connectivity index (χ2n) is 5.25. The maximum absolute atomic E-state index is 10.3. The number of benzene rings is 1. The highest BCUT2D eigenvalue weighted by Gasteiger charge is 2.19. The fourth-order valence-electron chi connectivity index (χ4n) is 2.36. The van der Waals surface area contributed by atoms with Gasteiger partial charge in [-0.15, -0.1) is 0 Å². The van der Waals surface area contributed by atoms with Crippen LogP contribution in [-0.2, 0) is 4.74 Å². The van der Waals surface area contributed by atoms with Crippen molar-refractivity contribution in [3.63, 3.8) is 0 Å². The summed E-state index contributed by atoms with van der Waals surface area (Å²) < 4.78 is 6.39. The Hall–Kier alpha value is -0.420. The molecule has 1 fully saturated rings. The molecule has 1 aromatic carbocycles. The molecule has 3 nitrogen and oxygen atoms in total. The first-order valence-corrected chi connectivity index (χ1v) is 7.71. The van der Waals surface area contributed by atoms with Crippen molar-refractivity contribution >= 4 is 15.9 Å². The average molecular weight is 328 g/mol. The van der Waals surface area contributed by atoms with E-state index >= 15 is 0 Å². The fourth-order valence-corrected chi connectivity index (χ4v) is 2.63. The number of nitrogens with one attached hydrogen (secondary N) is 1. The average Bonchev–Trinajstić information content (AvgIpc) is 2.46. The fraction of sp³-hybridized carbons (Fsp3) is 0.600. The van der Waals surface area contributed by atoms with E-state index in [9.17, 15) is 5.11 Å². The summed E-state index contributed by atoms with van der Waals surface area (Å²) in [5, 5.41) is 13.8. The third-order valence-corrected chi connectivity index (χ3v) is 4.28. The van der Waals surface area contributed by atoms with Crippen molar-refractivity contribution in [3.8, 4) is 0 Å². The molecule has 106 valence electrons. The lowest BCUT2D eigenvalue weighted by Crippen LogP contribution is -2.37. The number of hydrogen-bond acceptors (Lipinski definition) is 3. The predicted octanol–water partition coefficient (Wildman–Crippen LogP) is 2.89. The van der Waals surface area contributed by atoms with Crippen molar-refractivity contribution in [1.82, 2.24) is 5.32 Å². The van der Waals surface area contributed by atoms with E-state index in [1.165, 1.54) is 0 Å². The lowest BCUT2D eigenvalue weighted by Gasteiger charge is -2.26. The van der Waals surface area contributed by atoms with Gasteiger partial charge in [0.15, 0.2) is 0 Å². The van der Waals surface area contributed by atoms with Crippen molar-refractivity contribution in [1.29, 1.82) is 0 Å². The lowest BCUT2D eigenvalue weighted by molar-refractivity contribution is 0.0620. The van der Waals surface area contributed by atoms with Crippen LogP contribution in [0.1, 0.15) is 31.4 Å². The Morgan fingerprint density at radius 1 is 1.32 bits per heavy atom. The second kappa shape index (κ2) is 7.39. The molecule has 0 saturated carbocycles. The van der Waals surface area contributed by atoms with Gasteiger partial charge in [-0.05, 0) is 49.9 Å². The zero-order valence-electron chi connectivity index (χ0n) is 11.3. The monoisotopic (exact) mass is 327 g/mol. The number of halogens is 1. The van der Waals surface area contributed by atoms with Crippen molar-refractivity contribution < 1.29 is 9.84 Å². The molecule has 19 heavy (non-hydrogen) atoms. The minimum absolute atomic E-state index is 0.0593. The van der Waals surface area contributed by atoms with E-state index in [1.807, 2.05) is 31.2 Å². The Morgan fingerprint density at radius 2 is 1.95 bits per heavy atom. The van der Waals surface area contributed by atoms with Crippen molar-refractivity contribution in [2.45, 2.75) is 31.9 Å². The first kappa shape index (κ1) is 15.0. The molecule has 2 unspecified atom stereocenters. The Bertz CT molecular complexity index is 376. The molecule has 0 aliphatic carbocycles. The van der Waals surface area contributed by atoms with Crippen molar-refractivity contribution in [2.24, 2.45) is 5.92 Å². The SMILES string of the molecule is CC(NCC1CCOCC1)C(O)c1ccc(Br)cc1. The van der Waals surface area contributed by atoms with Gasteiger partial charge in [-0.1, -0.05) is 28.1 Å². The van der Waals surface area contributed by atoms with Crippen LogP contribution >= 0.6 is 15.9 Å². The van der Waals surface area contributed by atoms with Crippen LogP contribution in [0.15, 0.2) is 28.7 Å². The Morgan fingerprint density at radius 3 is 2.58 bits per heavy atom. The van der Waals surface area contributed by atoms with Gasteiger partial charge in [-0.2, -0.15) is 0 Å². The highest BCUT2D eigenvalue weighted by atomic mass is 79.9. The van der Waals surface area contributed by atoms with Gasteiger partial charge < -0.3 is 15.2 Å². The topological polar surface area (TPSA) is 41.5 Å².